The summed E-state index contributed by atoms with van der Waals surface area (Å²) in [6.45, 7) is 8.22. The van der Waals surface area contributed by atoms with Crippen LogP contribution < -0.4 is 10.1 Å². The highest BCUT2D eigenvalue weighted by Gasteiger charge is 2.13. The van der Waals surface area contributed by atoms with E-state index in [2.05, 4.69) is 39.3 Å². The van der Waals surface area contributed by atoms with Crippen LogP contribution in [0.5, 0.6) is 5.88 Å². The summed E-state index contributed by atoms with van der Waals surface area (Å²) in [5.74, 6) is 1.32. The number of nitrogens with zero attached hydrogens (tertiary/aromatic N) is 5. The van der Waals surface area contributed by atoms with Crippen LogP contribution in [0.4, 0.5) is 5.82 Å². The van der Waals surface area contributed by atoms with Crippen molar-refractivity contribution in [3.8, 4) is 23.0 Å². The van der Waals surface area contributed by atoms with Crippen molar-refractivity contribution in [1.29, 1.82) is 0 Å². The van der Waals surface area contributed by atoms with Gasteiger partial charge in [0.25, 0.3) is 0 Å². The fourth-order valence-electron chi connectivity index (χ4n) is 2.56. The molecule has 0 amide bonds. The lowest BCUT2D eigenvalue weighted by molar-refractivity contribution is 0.396. The van der Waals surface area contributed by atoms with E-state index in [0.717, 1.165) is 29.2 Å². The van der Waals surface area contributed by atoms with Crippen LogP contribution in [0.2, 0.25) is 0 Å². The highest BCUT2D eigenvalue weighted by atomic mass is 16.5. The molecule has 0 aliphatic heterocycles. The molecule has 0 unspecified atom stereocenters. The second-order valence-electron chi connectivity index (χ2n) is 6.36. The van der Waals surface area contributed by atoms with Crippen molar-refractivity contribution in [1.82, 2.24) is 24.7 Å². The lowest BCUT2D eigenvalue weighted by atomic mass is 10.2. The highest BCUT2D eigenvalue weighted by molar-refractivity contribution is 5.61. The number of pyridine rings is 1. The summed E-state index contributed by atoms with van der Waals surface area (Å²) >= 11 is 0. The van der Waals surface area contributed by atoms with Crippen LogP contribution in [0, 0.1) is 13.8 Å². The first-order valence-corrected chi connectivity index (χ1v) is 8.69. The van der Waals surface area contributed by atoms with Crippen molar-refractivity contribution in [2.75, 3.05) is 12.4 Å². The zero-order chi connectivity index (χ0) is 18.7. The van der Waals surface area contributed by atoms with Crippen LogP contribution in [0.3, 0.4) is 0 Å². The summed E-state index contributed by atoms with van der Waals surface area (Å²) in [5, 5.41) is 12.0. The molecule has 0 aliphatic rings. The molecule has 0 radical (unpaired) electrons. The van der Waals surface area contributed by atoms with Crippen molar-refractivity contribution >= 4 is 5.82 Å². The average Bonchev–Trinajstić information content (AvgIpc) is 3.08. The Labute approximate surface area is 153 Å². The Hall–Kier alpha value is -2.96. The molecule has 0 spiro atoms. The highest BCUT2D eigenvalue weighted by Crippen LogP contribution is 2.26. The van der Waals surface area contributed by atoms with E-state index in [4.69, 9.17) is 4.74 Å². The molecule has 136 valence electrons. The maximum atomic E-state index is 5.47. The summed E-state index contributed by atoms with van der Waals surface area (Å²) < 4.78 is 7.36. The van der Waals surface area contributed by atoms with Gasteiger partial charge >= 0.3 is 0 Å². The van der Waals surface area contributed by atoms with Crippen molar-refractivity contribution in [3.63, 3.8) is 0 Å². The fourth-order valence-corrected chi connectivity index (χ4v) is 2.56. The topological polar surface area (TPSA) is 77.8 Å². The number of nitrogens with one attached hydrogen (secondary N) is 1. The molecule has 7 nitrogen and oxygen atoms in total. The number of hydrogen-bond acceptors (Lipinski definition) is 6. The lowest BCUT2D eigenvalue weighted by Crippen LogP contribution is -2.16. The number of aromatic nitrogens is 5. The molecule has 0 saturated heterocycles. The van der Waals surface area contributed by atoms with Crippen LogP contribution >= 0.6 is 0 Å². The molecule has 0 bridgehead atoms. The van der Waals surface area contributed by atoms with E-state index in [1.807, 2.05) is 42.8 Å². The van der Waals surface area contributed by atoms with E-state index in [9.17, 15) is 0 Å². The molecule has 3 aromatic heterocycles. The summed E-state index contributed by atoms with van der Waals surface area (Å²) in [7, 11) is 1.61. The molecule has 0 aromatic carbocycles. The second kappa shape index (κ2) is 7.51. The fraction of sp³-hybridized carbons (Fsp3) is 0.368. The first-order chi connectivity index (χ1) is 12.5. The Bertz CT molecular complexity index is 905. The predicted octanol–water partition coefficient (Wildman–Crippen LogP) is 3.56. The third-order valence-corrected chi connectivity index (χ3v) is 4.27. The minimum absolute atomic E-state index is 0.352. The molecule has 3 heterocycles. The molecule has 26 heavy (non-hydrogen) atoms. The van der Waals surface area contributed by atoms with Gasteiger partial charge in [0, 0.05) is 12.2 Å². The maximum Gasteiger partial charge on any atom is 0.238 e. The summed E-state index contributed by atoms with van der Waals surface area (Å²) in [6.07, 6.45) is 4.70. The molecule has 7 heteroatoms. The Kier molecular flexibility index (Phi) is 5.16. The number of anilines is 1. The molecular weight excluding hydrogens is 328 g/mol. The predicted molar refractivity (Wildman–Crippen MR) is 102 cm³/mol. The van der Waals surface area contributed by atoms with Gasteiger partial charge in [-0.1, -0.05) is 6.92 Å². The molecule has 0 fully saturated rings. The molecule has 0 aliphatic carbocycles. The van der Waals surface area contributed by atoms with Crippen LogP contribution in [-0.4, -0.2) is 37.9 Å². The third kappa shape index (κ3) is 3.66. The molecule has 1 N–H and O–H groups in total. The first-order valence-electron chi connectivity index (χ1n) is 8.69. The number of hydrogen-bond donors (Lipinski definition) is 1. The van der Waals surface area contributed by atoms with Crippen LogP contribution in [-0.2, 0) is 0 Å². The zero-order valence-corrected chi connectivity index (χ0v) is 15.8. The van der Waals surface area contributed by atoms with Gasteiger partial charge in [-0.3, -0.25) is 0 Å². The van der Waals surface area contributed by atoms with Crippen LogP contribution in [0.1, 0.15) is 31.5 Å². The number of imidazole rings is 1. The van der Waals surface area contributed by atoms with E-state index in [1.165, 1.54) is 0 Å². The monoisotopic (exact) mass is 352 g/mol. The van der Waals surface area contributed by atoms with Crippen molar-refractivity contribution in [3.05, 3.63) is 42.0 Å². The van der Waals surface area contributed by atoms with Gasteiger partial charge in [0.05, 0.1) is 24.8 Å². The van der Waals surface area contributed by atoms with Gasteiger partial charge in [0.2, 0.25) is 5.88 Å². The Morgan fingerprint density at radius 1 is 1.19 bits per heavy atom. The molecular formula is C19H24N6O. The molecule has 1 atom stereocenters. The molecule has 3 rings (SSSR count). The van der Waals surface area contributed by atoms with Gasteiger partial charge in [-0.2, -0.15) is 0 Å². The molecule has 3 aromatic rings. The zero-order valence-electron chi connectivity index (χ0n) is 15.8. The first kappa shape index (κ1) is 17.8. The van der Waals surface area contributed by atoms with Crippen molar-refractivity contribution in [2.45, 2.75) is 40.2 Å². The number of aryl methyl sites for hydroxylation is 2. The van der Waals surface area contributed by atoms with Crippen molar-refractivity contribution < 1.29 is 4.74 Å². The van der Waals surface area contributed by atoms with Gasteiger partial charge in [0.1, 0.15) is 11.4 Å². The number of rotatable bonds is 6. The Morgan fingerprint density at radius 3 is 2.62 bits per heavy atom. The average molecular weight is 352 g/mol. The minimum atomic E-state index is 0.352. The third-order valence-electron chi connectivity index (χ3n) is 4.27. The number of ether oxygens (including phenoxy) is 1. The Morgan fingerprint density at radius 2 is 2.00 bits per heavy atom. The molecule has 0 saturated carbocycles. The lowest BCUT2D eigenvalue weighted by Gasteiger charge is -2.14. The summed E-state index contributed by atoms with van der Waals surface area (Å²) in [5.41, 5.74) is 4.22. The van der Waals surface area contributed by atoms with E-state index in [0.29, 0.717) is 23.3 Å². The minimum Gasteiger partial charge on any atom is -0.479 e. The quantitative estimate of drug-likeness (QED) is 0.731. The standard InChI is InChI=1S/C19H24N6O/c1-6-13(3)21-18-12(2)9-16(23-24-18)15-7-8-17(19(22-15)26-5)25-10-14(4)20-11-25/h7-11,13H,6H2,1-5H3,(H,21,24)/t13-/m0/s1. The normalized spacial score (nSPS) is 12.0. The van der Waals surface area contributed by atoms with Gasteiger partial charge in [-0.15, -0.1) is 10.2 Å². The Balaban J connectivity index is 1.93. The smallest absolute Gasteiger partial charge is 0.238 e. The van der Waals surface area contributed by atoms with Gasteiger partial charge in [-0.25, -0.2) is 9.97 Å². The van der Waals surface area contributed by atoms with Gasteiger partial charge < -0.3 is 14.6 Å². The largest absolute Gasteiger partial charge is 0.479 e. The summed E-state index contributed by atoms with van der Waals surface area (Å²) in [4.78, 5) is 8.85. The maximum absolute atomic E-state index is 5.47. The van der Waals surface area contributed by atoms with Crippen LogP contribution in [0.15, 0.2) is 30.7 Å². The van der Waals surface area contributed by atoms with Crippen LogP contribution in [0.25, 0.3) is 17.1 Å². The van der Waals surface area contributed by atoms with Gasteiger partial charge in [-0.05, 0) is 51.0 Å². The SMILES string of the molecule is CC[C@H](C)Nc1nnc(-c2ccc(-n3cnc(C)c3)c(OC)n2)cc1C. The van der Waals surface area contributed by atoms with E-state index in [-0.39, 0.29) is 0 Å². The number of methoxy groups -OCH3 is 1. The summed E-state index contributed by atoms with van der Waals surface area (Å²) in [6, 6.07) is 6.20. The van der Waals surface area contributed by atoms with E-state index < -0.39 is 0 Å². The van der Waals surface area contributed by atoms with E-state index >= 15 is 0 Å². The van der Waals surface area contributed by atoms with E-state index in [1.54, 1.807) is 13.4 Å². The van der Waals surface area contributed by atoms with Gasteiger partial charge in [0.15, 0.2) is 5.82 Å². The van der Waals surface area contributed by atoms with Crippen molar-refractivity contribution in [2.24, 2.45) is 0 Å². The second-order valence-corrected chi connectivity index (χ2v) is 6.36.